The van der Waals surface area contributed by atoms with Gasteiger partial charge in [-0.15, -0.1) is 0 Å². The Morgan fingerprint density at radius 2 is 1.49 bits per heavy atom. The molecule has 0 spiro atoms. The molecule has 1 aliphatic heterocycles. The minimum Gasteiger partial charge on any atom is -0.361 e. The number of nitrogens with zero attached hydrogens (tertiary/aromatic N) is 2. The second-order valence-electron chi connectivity index (χ2n) is 11.7. The molecular formula is C28H36N4O3. The van der Waals surface area contributed by atoms with E-state index in [1.807, 2.05) is 35.4 Å². The minimum atomic E-state index is -0.0485. The maximum atomic E-state index is 12.9. The molecule has 0 atom stereocenters. The number of rotatable bonds is 6. The molecule has 4 saturated carbocycles. The average molecular weight is 477 g/mol. The summed E-state index contributed by atoms with van der Waals surface area (Å²) in [4.78, 5) is 45.2. The van der Waals surface area contributed by atoms with Crippen LogP contribution in [0.5, 0.6) is 0 Å². The van der Waals surface area contributed by atoms with E-state index in [0.717, 1.165) is 34.2 Å². The zero-order valence-electron chi connectivity index (χ0n) is 20.4. The first-order chi connectivity index (χ1) is 17.0. The van der Waals surface area contributed by atoms with E-state index in [0.29, 0.717) is 39.0 Å². The number of amides is 3. The molecule has 1 saturated heterocycles. The van der Waals surface area contributed by atoms with Gasteiger partial charge in [-0.3, -0.25) is 14.4 Å². The molecule has 186 valence electrons. The van der Waals surface area contributed by atoms with Gasteiger partial charge in [-0.2, -0.15) is 0 Å². The van der Waals surface area contributed by atoms with Crippen molar-refractivity contribution in [3.8, 4) is 0 Å². The molecule has 1 aromatic heterocycles. The Hall–Kier alpha value is -2.83. The number of hydrogen-bond donors (Lipinski definition) is 2. The van der Waals surface area contributed by atoms with E-state index in [2.05, 4.69) is 10.3 Å². The van der Waals surface area contributed by atoms with E-state index in [1.54, 1.807) is 4.90 Å². The standard InChI is InChI=1S/C28H36N4O3/c33-25(16-28-13-19-9-20(14-28)11-21(10-19)15-28)30-18-27(35)32-7-5-31(6-8-32)26(34)12-22-17-29-24-4-2-1-3-23(22)24/h1-4,17,19-21,29H,5-16,18H2,(H,30,33). The van der Waals surface area contributed by atoms with Gasteiger partial charge in [-0.05, 0) is 73.3 Å². The van der Waals surface area contributed by atoms with Crippen LogP contribution < -0.4 is 5.32 Å². The van der Waals surface area contributed by atoms with Crippen LogP contribution >= 0.6 is 0 Å². The number of nitrogens with one attached hydrogen (secondary N) is 2. The fraction of sp³-hybridized carbons (Fsp3) is 0.607. The van der Waals surface area contributed by atoms with Crippen molar-refractivity contribution in [2.24, 2.45) is 23.2 Å². The molecule has 5 aliphatic rings. The van der Waals surface area contributed by atoms with Gasteiger partial charge in [0.05, 0.1) is 13.0 Å². The highest BCUT2D eigenvalue weighted by Gasteiger charge is 2.51. The van der Waals surface area contributed by atoms with Crippen LogP contribution in [0.15, 0.2) is 30.5 Å². The quantitative estimate of drug-likeness (QED) is 0.672. The predicted molar refractivity (Wildman–Crippen MR) is 133 cm³/mol. The van der Waals surface area contributed by atoms with Crippen molar-refractivity contribution < 1.29 is 14.4 Å². The molecule has 3 amide bonds. The number of carbonyl (C=O) groups is 3. The normalized spacial score (nSPS) is 29.5. The molecule has 1 aromatic carbocycles. The Morgan fingerprint density at radius 3 is 2.14 bits per heavy atom. The minimum absolute atomic E-state index is 0.0350. The lowest BCUT2D eigenvalue weighted by Crippen LogP contribution is -2.53. The number of para-hydroxylation sites is 1. The van der Waals surface area contributed by atoms with Crippen LogP contribution in [0.25, 0.3) is 10.9 Å². The molecule has 7 nitrogen and oxygen atoms in total. The van der Waals surface area contributed by atoms with E-state index in [4.69, 9.17) is 0 Å². The van der Waals surface area contributed by atoms with Gasteiger partial charge < -0.3 is 20.1 Å². The number of piperazine rings is 1. The Labute approximate surface area is 206 Å². The lowest BCUT2D eigenvalue weighted by Gasteiger charge is -2.56. The predicted octanol–water partition coefficient (Wildman–Crippen LogP) is 3.10. The Bertz CT molecular complexity index is 1090. The molecular weight excluding hydrogens is 440 g/mol. The fourth-order valence-electron chi connectivity index (χ4n) is 7.95. The smallest absolute Gasteiger partial charge is 0.242 e. The second-order valence-corrected chi connectivity index (χ2v) is 11.7. The third kappa shape index (κ3) is 4.57. The number of benzene rings is 1. The first-order valence-electron chi connectivity index (χ1n) is 13.3. The number of carbonyl (C=O) groups excluding carboxylic acids is 3. The van der Waals surface area contributed by atoms with E-state index in [-0.39, 0.29) is 29.7 Å². The van der Waals surface area contributed by atoms with E-state index in [9.17, 15) is 14.4 Å². The molecule has 2 N–H and O–H groups in total. The summed E-state index contributed by atoms with van der Waals surface area (Å²) in [5.41, 5.74) is 2.24. The van der Waals surface area contributed by atoms with Gasteiger partial charge in [0, 0.05) is 49.7 Å². The highest BCUT2D eigenvalue weighted by Crippen LogP contribution is 2.61. The fourth-order valence-corrected chi connectivity index (χ4v) is 7.95. The topological polar surface area (TPSA) is 85.5 Å². The van der Waals surface area contributed by atoms with Crippen molar-refractivity contribution in [3.05, 3.63) is 36.0 Å². The first-order valence-corrected chi connectivity index (χ1v) is 13.3. The number of aromatic nitrogens is 1. The van der Waals surface area contributed by atoms with Crippen LogP contribution in [0.2, 0.25) is 0 Å². The largest absolute Gasteiger partial charge is 0.361 e. The maximum Gasteiger partial charge on any atom is 0.242 e. The number of fused-ring (bicyclic) bond motifs is 1. The van der Waals surface area contributed by atoms with Gasteiger partial charge in [-0.1, -0.05) is 18.2 Å². The number of H-pyrrole nitrogens is 1. The summed E-state index contributed by atoms with van der Waals surface area (Å²) >= 11 is 0. The molecule has 2 aromatic rings. The third-order valence-electron chi connectivity index (χ3n) is 9.14. The summed E-state index contributed by atoms with van der Waals surface area (Å²) in [6.07, 6.45) is 10.6. The van der Waals surface area contributed by atoms with Gasteiger partial charge >= 0.3 is 0 Å². The lowest BCUT2D eigenvalue weighted by atomic mass is 9.49. The molecule has 5 fully saturated rings. The molecule has 4 bridgehead atoms. The van der Waals surface area contributed by atoms with Crippen LogP contribution in [0.4, 0.5) is 0 Å². The van der Waals surface area contributed by atoms with Gasteiger partial charge in [0.2, 0.25) is 17.7 Å². The highest BCUT2D eigenvalue weighted by atomic mass is 16.2. The van der Waals surface area contributed by atoms with Crippen LogP contribution in [0.1, 0.15) is 50.5 Å². The zero-order valence-corrected chi connectivity index (χ0v) is 20.4. The van der Waals surface area contributed by atoms with Crippen molar-refractivity contribution in [1.29, 1.82) is 0 Å². The van der Waals surface area contributed by atoms with E-state index < -0.39 is 0 Å². The van der Waals surface area contributed by atoms with Crippen molar-refractivity contribution in [2.45, 2.75) is 51.4 Å². The second kappa shape index (κ2) is 8.99. The summed E-state index contributed by atoms with van der Waals surface area (Å²) in [6.45, 7) is 2.17. The van der Waals surface area contributed by atoms with Crippen molar-refractivity contribution in [2.75, 3.05) is 32.7 Å². The van der Waals surface area contributed by atoms with Gasteiger partial charge in [0.15, 0.2) is 0 Å². The summed E-state index contributed by atoms with van der Waals surface area (Å²) < 4.78 is 0. The third-order valence-corrected chi connectivity index (χ3v) is 9.14. The molecule has 0 radical (unpaired) electrons. The number of hydrogen-bond acceptors (Lipinski definition) is 3. The summed E-state index contributed by atoms with van der Waals surface area (Å²) in [6, 6.07) is 8.00. The zero-order chi connectivity index (χ0) is 24.0. The Balaban J connectivity index is 0.954. The lowest BCUT2D eigenvalue weighted by molar-refractivity contribution is -0.140. The van der Waals surface area contributed by atoms with Crippen molar-refractivity contribution in [3.63, 3.8) is 0 Å². The summed E-state index contributed by atoms with van der Waals surface area (Å²) in [5, 5.41) is 4.00. The Kier molecular flexibility index (Phi) is 5.81. The van der Waals surface area contributed by atoms with Gasteiger partial charge in [0.1, 0.15) is 0 Å². The van der Waals surface area contributed by atoms with E-state index in [1.165, 1.54) is 38.5 Å². The first kappa shape index (κ1) is 22.6. The van der Waals surface area contributed by atoms with Crippen molar-refractivity contribution in [1.82, 2.24) is 20.1 Å². The SMILES string of the molecule is O=C(CC12CC3CC(CC(C3)C1)C2)NCC(=O)N1CCN(C(=O)Cc2c[nH]c3ccccc23)CC1. The Morgan fingerprint density at radius 1 is 0.886 bits per heavy atom. The highest BCUT2D eigenvalue weighted by molar-refractivity contribution is 5.89. The molecule has 7 rings (SSSR count). The van der Waals surface area contributed by atoms with Gasteiger partial charge in [-0.25, -0.2) is 0 Å². The number of aromatic amines is 1. The molecule has 4 aliphatic carbocycles. The van der Waals surface area contributed by atoms with Crippen molar-refractivity contribution >= 4 is 28.6 Å². The average Bonchev–Trinajstić information content (AvgIpc) is 3.24. The summed E-state index contributed by atoms with van der Waals surface area (Å²) in [7, 11) is 0. The molecule has 35 heavy (non-hydrogen) atoms. The van der Waals surface area contributed by atoms with Crippen LogP contribution in [0, 0.1) is 23.2 Å². The van der Waals surface area contributed by atoms with Gasteiger partial charge in [0.25, 0.3) is 0 Å². The van der Waals surface area contributed by atoms with Crippen LogP contribution in [-0.2, 0) is 20.8 Å². The summed E-state index contributed by atoms with van der Waals surface area (Å²) in [5.74, 6) is 2.55. The molecule has 7 heteroatoms. The maximum absolute atomic E-state index is 12.9. The van der Waals surface area contributed by atoms with Crippen LogP contribution in [0.3, 0.4) is 0 Å². The monoisotopic (exact) mass is 476 g/mol. The molecule has 0 unspecified atom stereocenters. The van der Waals surface area contributed by atoms with Crippen LogP contribution in [-0.4, -0.2) is 65.2 Å². The molecule has 2 heterocycles. The van der Waals surface area contributed by atoms with E-state index >= 15 is 0 Å².